The summed E-state index contributed by atoms with van der Waals surface area (Å²) < 4.78 is 13.3. The summed E-state index contributed by atoms with van der Waals surface area (Å²) in [6, 6.07) is 27.6. The van der Waals surface area contributed by atoms with Gasteiger partial charge in [-0.15, -0.1) is 0 Å². The molecule has 2 aromatic heterocycles. The van der Waals surface area contributed by atoms with Crippen molar-refractivity contribution in [2.45, 2.75) is 0 Å². The third kappa shape index (κ3) is 3.95. The first-order valence-electron chi connectivity index (χ1n) is 9.62. The smallest absolute Gasteiger partial charge is 0.129 e. The number of para-hydroxylation sites is 1. The number of nitrogens with zero attached hydrogens (tertiary/aromatic N) is 2. The van der Waals surface area contributed by atoms with Crippen molar-refractivity contribution in [2.75, 3.05) is 5.32 Å². The van der Waals surface area contributed by atoms with Crippen LogP contribution in [-0.2, 0) is 0 Å². The molecular weight excluding hydrogens is 374 g/mol. The molecule has 0 radical (unpaired) electrons. The highest BCUT2D eigenvalue weighted by molar-refractivity contribution is 5.82. The van der Waals surface area contributed by atoms with Crippen LogP contribution in [0.1, 0.15) is 5.76 Å². The number of hydrogen-bond donors (Lipinski definition) is 1. The van der Waals surface area contributed by atoms with Crippen LogP contribution in [0.5, 0.6) is 11.5 Å². The molecule has 0 unspecified atom stereocenters. The average molecular weight is 393 g/mol. The van der Waals surface area contributed by atoms with Gasteiger partial charge < -0.3 is 14.5 Å². The summed E-state index contributed by atoms with van der Waals surface area (Å²) in [5.41, 5.74) is 2.95. The second-order valence-electron chi connectivity index (χ2n) is 6.76. The van der Waals surface area contributed by atoms with Gasteiger partial charge in [-0.2, -0.15) is 5.10 Å². The monoisotopic (exact) mass is 393 g/mol. The van der Waals surface area contributed by atoms with Crippen LogP contribution in [0.2, 0.25) is 0 Å². The van der Waals surface area contributed by atoms with Gasteiger partial charge in [0.25, 0.3) is 0 Å². The van der Waals surface area contributed by atoms with Crippen molar-refractivity contribution >= 4 is 34.6 Å². The molecule has 0 atom stereocenters. The number of benzene rings is 3. The van der Waals surface area contributed by atoms with E-state index in [0.717, 1.165) is 39.5 Å². The predicted octanol–water partition coefficient (Wildman–Crippen LogP) is 6.79. The summed E-state index contributed by atoms with van der Waals surface area (Å²) in [5.74, 6) is 2.27. The number of nitrogens with one attached hydrogen (secondary N) is 1. The van der Waals surface area contributed by atoms with Gasteiger partial charge in [-0.3, -0.25) is 0 Å². The van der Waals surface area contributed by atoms with E-state index in [1.807, 2.05) is 103 Å². The Kier molecular flexibility index (Phi) is 4.76. The minimum absolute atomic E-state index is 0.743. The van der Waals surface area contributed by atoms with Crippen LogP contribution < -0.4 is 10.1 Å². The Balaban J connectivity index is 1.38. The molecule has 5 rings (SSSR count). The Bertz CT molecular complexity index is 1290. The van der Waals surface area contributed by atoms with E-state index in [4.69, 9.17) is 9.15 Å². The maximum atomic E-state index is 6.12. The SMILES string of the molecule is C(=Cn1ncc2ccc(Oc3cccc(Nc4ccccc4)c3)cc21)c1ccco1. The molecule has 0 aliphatic carbocycles. The summed E-state index contributed by atoms with van der Waals surface area (Å²) >= 11 is 0. The molecule has 0 fully saturated rings. The van der Waals surface area contributed by atoms with Crippen LogP contribution in [0, 0.1) is 0 Å². The first-order valence-corrected chi connectivity index (χ1v) is 9.62. The predicted molar refractivity (Wildman–Crippen MR) is 120 cm³/mol. The molecule has 0 bridgehead atoms. The topological polar surface area (TPSA) is 52.2 Å². The van der Waals surface area contributed by atoms with Gasteiger partial charge in [0.2, 0.25) is 0 Å². The van der Waals surface area contributed by atoms with Gasteiger partial charge in [0, 0.05) is 35.1 Å². The maximum Gasteiger partial charge on any atom is 0.129 e. The number of furan rings is 1. The Labute approximate surface area is 173 Å². The molecular formula is C25H19N3O2. The van der Waals surface area contributed by atoms with Crippen LogP contribution in [0.15, 0.2) is 102 Å². The number of hydrogen-bond acceptors (Lipinski definition) is 4. The van der Waals surface area contributed by atoms with Gasteiger partial charge in [-0.05, 0) is 54.6 Å². The molecule has 1 N–H and O–H groups in total. The van der Waals surface area contributed by atoms with E-state index in [1.54, 1.807) is 10.9 Å². The van der Waals surface area contributed by atoms with Gasteiger partial charge in [0.1, 0.15) is 17.3 Å². The van der Waals surface area contributed by atoms with Crippen LogP contribution in [0.25, 0.3) is 23.2 Å². The van der Waals surface area contributed by atoms with E-state index >= 15 is 0 Å². The molecule has 0 amide bonds. The first-order chi connectivity index (χ1) is 14.8. The van der Waals surface area contributed by atoms with Gasteiger partial charge in [-0.25, -0.2) is 4.68 Å². The molecule has 0 saturated heterocycles. The van der Waals surface area contributed by atoms with E-state index in [0.29, 0.717) is 0 Å². The fourth-order valence-electron chi connectivity index (χ4n) is 3.19. The van der Waals surface area contributed by atoms with Crippen LogP contribution >= 0.6 is 0 Å². The molecule has 5 aromatic rings. The molecule has 5 heteroatoms. The number of anilines is 2. The first kappa shape index (κ1) is 17.8. The average Bonchev–Trinajstić information content (AvgIpc) is 3.43. The van der Waals surface area contributed by atoms with Gasteiger partial charge in [0.05, 0.1) is 18.0 Å². The molecule has 0 aliphatic heterocycles. The summed E-state index contributed by atoms with van der Waals surface area (Å²) in [6.07, 6.45) is 7.22. The zero-order chi connectivity index (χ0) is 20.2. The van der Waals surface area contributed by atoms with Crippen LogP contribution in [0.3, 0.4) is 0 Å². The molecule has 5 nitrogen and oxygen atoms in total. The minimum atomic E-state index is 0.743. The third-order valence-corrected chi connectivity index (χ3v) is 4.63. The van der Waals surface area contributed by atoms with Crippen molar-refractivity contribution in [3.63, 3.8) is 0 Å². The van der Waals surface area contributed by atoms with Crippen molar-refractivity contribution in [3.05, 3.63) is 103 Å². The van der Waals surface area contributed by atoms with Crippen molar-refractivity contribution < 1.29 is 9.15 Å². The lowest BCUT2D eigenvalue weighted by Gasteiger charge is -2.10. The number of ether oxygens (including phenoxy) is 1. The Morgan fingerprint density at radius 1 is 0.833 bits per heavy atom. The fraction of sp³-hybridized carbons (Fsp3) is 0. The van der Waals surface area contributed by atoms with Crippen LogP contribution in [0.4, 0.5) is 11.4 Å². The van der Waals surface area contributed by atoms with E-state index in [-0.39, 0.29) is 0 Å². The highest BCUT2D eigenvalue weighted by atomic mass is 16.5. The van der Waals surface area contributed by atoms with Gasteiger partial charge in [-0.1, -0.05) is 24.3 Å². The number of rotatable bonds is 6. The highest BCUT2D eigenvalue weighted by Gasteiger charge is 2.05. The Morgan fingerprint density at radius 2 is 1.70 bits per heavy atom. The van der Waals surface area contributed by atoms with Crippen molar-refractivity contribution in [2.24, 2.45) is 0 Å². The fourth-order valence-corrected chi connectivity index (χ4v) is 3.19. The van der Waals surface area contributed by atoms with Crippen molar-refractivity contribution in [3.8, 4) is 11.5 Å². The van der Waals surface area contributed by atoms with E-state index < -0.39 is 0 Å². The molecule has 3 aromatic carbocycles. The van der Waals surface area contributed by atoms with E-state index in [2.05, 4.69) is 10.4 Å². The van der Waals surface area contributed by atoms with Crippen LogP contribution in [-0.4, -0.2) is 9.78 Å². The normalized spacial score (nSPS) is 11.2. The molecule has 2 heterocycles. The molecule has 30 heavy (non-hydrogen) atoms. The summed E-state index contributed by atoms with van der Waals surface area (Å²) in [6.45, 7) is 0. The van der Waals surface area contributed by atoms with Gasteiger partial charge >= 0.3 is 0 Å². The highest BCUT2D eigenvalue weighted by Crippen LogP contribution is 2.28. The van der Waals surface area contributed by atoms with E-state index in [9.17, 15) is 0 Å². The lowest BCUT2D eigenvalue weighted by molar-refractivity contribution is 0.483. The standard InChI is InChI=1S/C25H19N3O2/c1-2-6-20(7-3-1)27-21-8-4-9-23(16-21)30-24-12-11-19-18-26-28(25(19)17-24)14-13-22-10-5-15-29-22/h1-18,27H. The van der Waals surface area contributed by atoms with Gasteiger partial charge in [0.15, 0.2) is 0 Å². The summed E-state index contributed by atoms with van der Waals surface area (Å²) in [7, 11) is 0. The largest absolute Gasteiger partial charge is 0.465 e. The zero-order valence-corrected chi connectivity index (χ0v) is 16.1. The minimum Gasteiger partial charge on any atom is -0.465 e. The summed E-state index contributed by atoms with van der Waals surface area (Å²) in [4.78, 5) is 0. The van der Waals surface area contributed by atoms with Crippen molar-refractivity contribution in [1.82, 2.24) is 9.78 Å². The van der Waals surface area contributed by atoms with Crippen molar-refractivity contribution in [1.29, 1.82) is 0 Å². The Hall–Kier alpha value is -4.25. The zero-order valence-electron chi connectivity index (χ0n) is 16.1. The summed E-state index contributed by atoms with van der Waals surface area (Å²) in [5, 5.41) is 8.84. The second-order valence-corrected chi connectivity index (χ2v) is 6.76. The molecule has 0 saturated carbocycles. The molecule has 146 valence electrons. The molecule has 0 aliphatic rings. The quantitative estimate of drug-likeness (QED) is 0.345. The third-order valence-electron chi connectivity index (χ3n) is 4.63. The van der Waals surface area contributed by atoms with E-state index in [1.165, 1.54) is 0 Å². The second kappa shape index (κ2) is 8.01. The lowest BCUT2D eigenvalue weighted by atomic mass is 10.2. The lowest BCUT2D eigenvalue weighted by Crippen LogP contribution is -1.91. The number of aromatic nitrogens is 2. The number of fused-ring (bicyclic) bond motifs is 1. The Morgan fingerprint density at radius 3 is 2.57 bits per heavy atom. The maximum absolute atomic E-state index is 6.12. The molecule has 0 spiro atoms.